The van der Waals surface area contributed by atoms with Crippen molar-refractivity contribution in [1.82, 2.24) is 9.78 Å². The average Bonchev–Trinajstić information content (AvgIpc) is 2.83. The highest BCUT2D eigenvalue weighted by Crippen LogP contribution is 2.59. The van der Waals surface area contributed by atoms with E-state index in [0.717, 1.165) is 23.7 Å². The molecule has 4 aliphatic rings. The minimum Gasteiger partial charge on any atom is -0.481 e. The van der Waals surface area contributed by atoms with Crippen molar-refractivity contribution in [3.8, 4) is 0 Å². The largest absolute Gasteiger partial charge is 0.481 e. The van der Waals surface area contributed by atoms with Gasteiger partial charge in [0.25, 0.3) is 0 Å². The maximum Gasteiger partial charge on any atom is 0.305 e. The summed E-state index contributed by atoms with van der Waals surface area (Å²) < 4.78 is 1.81. The van der Waals surface area contributed by atoms with Crippen molar-refractivity contribution in [3.63, 3.8) is 0 Å². The summed E-state index contributed by atoms with van der Waals surface area (Å²) in [7, 11) is 0. The fourth-order valence-corrected chi connectivity index (χ4v) is 5.35. The lowest BCUT2D eigenvalue weighted by molar-refractivity contribution is -0.137. The number of hydrogen-bond acceptors (Lipinski definition) is 2. The second-order valence-electron chi connectivity index (χ2n) is 7.14. The molecule has 0 spiro atoms. The molecule has 0 amide bonds. The quantitative estimate of drug-likeness (QED) is 0.918. The summed E-state index contributed by atoms with van der Waals surface area (Å²) >= 11 is 0. The van der Waals surface area contributed by atoms with Crippen molar-refractivity contribution in [1.29, 1.82) is 0 Å². The van der Waals surface area contributed by atoms with E-state index in [1.165, 1.54) is 37.7 Å². The van der Waals surface area contributed by atoms with E-state index >= 15 is 0 Å². The molecule has 0 atom stereocenters. The lowest BCUT2D eigenvalue weighted by atomic mass is 9.51. The Morgan fingerprint density at radius 1 is 1.20 bits per heavy atom. The van der Waals surface area contributed by atoms with Crippen molar-refractivity contribution in [2.24, 2.45) is 23.7 Å². The van der Waals surface area contributed by atoms with Crippen molar-refractivity contribution < 1.29 is 9.90 Å². The molecule has 0 aliphatic heterocycles. The van der Waals surface area contributed by atoms with E-state index < -0.39 is 5.97 Å². The fraction of sp³-hybridized carbons (Fsp3) is 0.750. The van der Waals surface area contributed by atoms with Crippen LogP contribution in [0.2, 0.25) is 0 Å². The molecule has 1 aromatic rings. The van der Waals surface area contributed by atoms with E-state index in [0.29, 0.717) is 12.5 Å². The normalized spacial score (nSPS) is 38.3. The van der Waals surface area contributed by atoms with Crippen LogP contribution >= 0.6 is 0 Å². The van der Waals surface area contributed by atoms with Gasteiger partial charge in [-0.05, 0) is 67.3 Å². The molecule has 4 aliphatic carbocycles. The Hall–Kier alpha value is -1.32. The van der Waals surface area contributed by atoms with Crippen LogP contribution in [0.5, 0.6) is 0 Å². The molecular formula is C16H22N2O2. The second kappa shape index (κ2) is 4.61. The Morgan fingerprint density at radius 2 is 1.85 bits per heavy atom. The third-order valence-electron chi connectivity index (χ3n) is 5.82. The summed E-state index contributed by atoms with van der Waals surface area (Å²) in [6.45, 7) is 0.489. The molecule has 108 valence electrons. The van der Waals surface area contributed by atoms with Gasteiger partial charge < -0.3 is 5.11 Å². The first kappa shape index (κ1) is 12.4. The molecule has 0 aromatic carbocycles. The zero-order valence-corrected chi connectivity index (χ0v) is 11.7. The van der Waals surface area contributed by atoms with Crippen LogP contribution in [0.1, 0.15) is 50.0 Å². The minimum atomic E-state index is -0.753. The molecule has 4 nitrogen and oxygen atoms in total. The number of hydrogen-bond donors (Lipinski definition) is 1. The van der Waals surface area contributed by atoms with Gasteiger partial charge in [-0.3, -0.25) is 9.48 Å². The maximum atomic E-state index is 10.6. The van der Waals surface area contributed by atoms with E-state index in [2.05, 4.69) is 11.3 Å². The molecule has 1 aromatic heterocycles. The molecule has 5 rings (SSSR count). The van der Waals surface area contributed by atoms with Crippen LogP contribution in [0, 0.1) is 23.7 Å². The van der Waals surface area contributed by atoms with Crippen molar-refractivity contribution in [2.45, 2.75) is 51.0 Å². The van der Waals surface area contributed by atoms with Crippen molar-refractivity contribution >= 4 is 5.97 Å². The Kier molecular flexibility index (Phi) is 2.86. The third-order valence-corrected chi connectivity index (χ3v) is 5.82. The SMILES string of the molecule is O=C(O)CCn1cc(C2C3CC4CC(C3)CC2C4)cn1. The van der Waals surface area contributed by atoms with Gasteiger partial charge in [0.2, 0.25) is 0 Å². The van der Waals surface area contributed by atoms with Gasteiger partial charge in [-0.1, -0.05) is 0 Å². The first-order valence-corrected chi connectivity index (χ1v) is 7.93. The minimum absolute atomic E-state index is 0.156. The van der Waals surface area contributed by atoms with Crippen molar-refractivity contribution in [2.75, 3.05) is 0 Å². The van der Waals surface area contributed by atoms with Gasteiger partial charge in [0.05, 0.1) is 19.2 Å². The standard InChI is InChI=1S/C16H22N2O2/c19-15(20)1-2-18-9-14(8-17-18)16-12-4-10-3-11(6-12)7-13(16)5-10/h8-13,16H,1-7H2,(H,19,20). The number of aryl methyl sites for hydroxylation is 1. The monoisotopic (exact) mass is 274 g/mol. The zero-order valence-electron chi connectivity index (χ0n) is 11.7. The highest BCUT2D eigenvalue weighted by atomic mass is 16.4. The first-order chi connectivity index (χ1) is 9.69. The van der Waals surface area contributed by atoms with Gasteiger partial charge >= 0.3 is 5.97 Å². The maximum absolute atomic E-state index is 10.6. The lowest BCUT2D eigenvalue weighted by Crippen LogP contribution is -2.43. The van der Waals surface area contributed by atoms with Crippen LogP contribution in [0.25, 0.3) is 0 Å². The highest BCUT2D eigenvalue weighted by molar-refractivity contribution is 5.66. The van der Waals surface area contributed by atoms with Crippen LogP contribution in [-0.4, -0.2) is 20.9 Å². The number of carboxylic acid groups (broad SMARTS) is 1. The van der Waals surface area contributed by atoms with Crippen molar-refractivity contribution in [3.05, 3.63) is 18.0 Å². The zero-order chi connectivity index (χ0) is 13.7. The molecule has 0 radical (unpaired) electrons. The summed E-state index contributed by atoms with van der Waals surface area (Å²) in [5, 5.41) is 13.1. The van der Waals surface area contributed by atoms with Gasteiger partial charge in [-0.25, -0.2) is 0 Å². The molecule has 0 saturated heterocycles. The molecule has 4 fully saturated rings. The molecule has 4 saturated carbocycles. The summed E-state index contributed by atoms with van der Waals surface area (Å²) in [6.07, 6.45) is 11.4. The van der Waals surface area contributed by atoms with Crippen LogP contribution in [-0.2, 0) is 11.3 Å². The van der Waals surface area contributed by atoms with Crippen LogP contribution in [0.3, 0.4) is 0 Å². The fourth-order valence-electron chi connectivity index (χ4n) is 5.35. The van der Waals surface area contributed by atoms with Crippen LogP contribution in [0.4, 0.5) is 0 Å². The topological polar surface area (TPSA) is 55.1 Å². The summed E-state index contributed by atoms with van der Waals surface area (Å²) in [4.78, 5) is 10.6. The number of nitrogens with zero attached hydrogens (tertiary/aromatic N) is 2. The van der Waals surface area contributed by atoms with Crippen LogP contribution in [0.15, 0.2) is 12.4 Å². The Labute approximate surface area is 119 Å². The summed E-state index contributed by atoms with van der Waals surface area (Å²) in [6, 6.07) is 0. The Bertz CT molecular complexity index is 494. The molecule has 4 bridgehead atoms. The molecule has 20 heavy (non-hydrogen) atoms. The average molecular weight is 274 g/mol. The molecule has 4 heteroatoms. The van der Waals surface area contributed by atoms with Gasteiger partial charge in [0.15, 0.2) is 0 Å². The summed E-state index contributed by atoms with van der Waals surface area (Å²) in [5.41, 5.74) is 1.36. The molecule has 1 heterocycles. The number of aliphatic carboxylic acids is 1. The molecule has 1 N–H and O–H groups in total. The highest BCUT2D eigenvalue weighted by Gasteiger charge is 2.48. The number of rotatable bonds is 4. The third kappa shape index (κ3) is 2.05. The van der Waals surface area contributed by atoms with Gasteiger partial charge in [0, 0.05) is 6.20 Å². The molecular weight excluding hydrogens is 252 g/mol. The van der Waals surface area contributed by atoms with Gasteiger partial charge in [-0.15, -0.1) is 0 Å². The van der Waals surface area contributed by atoms with E-state index in [1.807, 2.05) is 10.9 Å². The van der Waals surface area contributed by atoms with Gasteiger partial charge in [-0.2, -0.15) is 5.10 Å². The number of carbonyl (C=O) groups is 1. The van der Waals surface area contributed by atoms with E-state index in [4.69, 9.17) is 5.11 Å². The number of aromatic nitrogens is 2. The second-order valence-corrected chi connectivity index (χ2v) is 7.14. The predicted octanol–water partition coefficient (Wildman–Crippen LogP) is 2.90. The smallest absolute Gasteiger partial charge is 0.305 e. The van der Waals surface area contributed by atoms with Gasteiger partial charge in [0.1, 0.15) is 0 Å². The van der Waals surface area contributed by atoms with E-state index in [9.17, 15) is 4.79 Å². The first-order valence-electron chi connectivity index (χ1n) is 7.93. The Morgan fingerprint density at radius 3 is 2.45 bits per heavy atom. The van der Waals surface area contributed by atoms with E-state index in [-0.39, 0.29) is 6.42 Å². The molecule has 0 unspecified atom stereocenters. The predicted molar refractivity (Wildman–Crippen MR) is 74.3 cm³/mol. The summed E-state index contributed by atoms with van der Waals surface area (Å²) in [5.74, 6) is 3.66. The van der Waals surface area contributed by atoms with Crippen LogP contribution < -0.4 is 0 Å². The Balaban J connectivity index is 1.51. The number of carboxylic acids is 1. The lowest BCUT2D eigenvalue weighted by Gasteiger charge is -2.54. The van der Waals surface area contributed by atoms with E-state index in [1.54, 1.807) is 0 Å².